The van der Waals surface area contributed by atoms with E-state index in [-0.39, 0.29) is 0 Å². The molecule has 1 saturated heterocycles. The Morgan fingerprint density at radius 1 is 1.06 bits per heavy atom. The Morgan fingerprint density at radius 2 is 1.71 bits per heavy atom. The van der Waals surface area contributed by atoms with Gasteiger partial charge in [-0.25, -0.2) is 0 Å². The fourth-order valence-electron chi connectivity index (χ4n) is 2.49. The van der Waals surface area contributed by atoms with Crippen LogP contribution in [0.1, 0.15) is 54.4 Å². The Kier molecular flexibility index (Phi) is 5.03. The molecule has 1 aliphatic heterocycles. The molecular formula is C15H32N2. The predicted molar refractivity (Wildman–Crippen MR) is 76.4 cm³/mol. The molecular weight excluding hydrogens is 208 g/mol. The molecule has 2 nitrogen and oxygen atoms in total. The maximum absolute atomic E-state index is 3.74. The van der Waals surface area contributed by atoms with Crippen LogP contribution in [0.5, 0.6) is 0 Å². The van der Waals surface area contributed by atoms with E-state index < -0.39 is 0 Å². The minimum Gasteiger partial charge on any atom is -0.312 e. The van der Waals surface area contributed by atoms with Gasteiger partial charge in [0.1, 0.15) is 0 Å². The van der Waals surface area contributed by atoms with E-state index >= 15 is 0 Å². The van der Waals surface area contributed by atoms with Crippen LogP contribution in [0.25, 0.3) is 0 Å². The lowest BCUT2D eigenvalue weighted by molar-refractivity contribution is 0.136. The fraction of sp³-hybridized carbons (Fsp3) is 1.00. The van der Waals surface area contributed by atoms with E-state index in [9.17, 15) is 0 Å². The van der Waals surface area contributed by atoms with Crippen LogP contribution in [0.15, 0.2) is 0 Å². The van der Waals surface area contributed by atoms with Crippen molar-refractivity contribution < 1.29 is 0 Å². The molecule has 1 rings (SSSR count). The van der Waals surface area contributed by atoms with Gasteiger partial charge in [0.05, 0.1) is 0 Å². The lowest BCUT2D eigenvalue weighted by Crippen LogP contribution is -2.49. The zero-order valence-electron chi connectivity index (χ0n) is 12.8. The van der Waals surface area contributed by atoms with Crippen LogP contribution in [0, 0.1) is 10.8 Å². The minimum absolute atomic E-state index is 0.395. The molecule has 0 radical (unpaired) electrons. The molecule has 0 aliphatic carbocycles. The summed E-state index contributed by atoms with van der Waals surface area (Å²) in [6.07, 6.45) is 2.69. The summed E-state index contributed by atoms with van der Waals surface area (Å²) in [4.78, 5) is 2.63. The SMILES string of the molecule is CC(C)(C)CNC1CCCN(CC(C)(C)C)C1. The number of likely N-dealkylation sites (tertiary alicyclic amines) is 1. The molecule has 102 valence electrons. The van der Waals surface area contributed by atoms with Gasteiger partial charge >= 0.3 is 0 Å². The highest BCUT2D eigenvalue weighted by molar-refractivity contribution is 4.82. The maximum atomic E-state index is 3.74. The number of nitrogens with zero attached hydrogens (tertiary/aromatic N) is 1. The number of piperidine rings is 1. The van der Waals surface area contributed by atoms with Gasteiger partial charge in [0.15, 0.2) is 0 Å². The molecule has 0 aromatic carbocycles. The smallest absolute Gasteiger partial charge is 0.0195 e. The minimum atomic E-state index is 0.395. The maximum Gasteiger partial charge on any atom is 0.0195 e. The quantitative estimate of drug-likeness (QED) is 0.815. The highest BCUT2D eigenvalue weighted by Gasteiger charge is 2.24. The molecule has 1 fully saturated rings. The van der Waals surface area contributed by atoms with E-state index in [1.165, 1.54) is 32.5 Å². The monoisotopic (exact) mass is 240 g/mol. The molecule has 1 aliphatic rings. The van der Waals surface area contributed by atoms with Crippen LogP contribution in [0.2, 0.25) is 0 Å². The second-order valence-electron chi connectivity index (χ2n) is 8.08. The Labute approximate surface area is 108 Å². The average molecular weight is 240 g/mol. The average Bonchev–Trinajstić information content (AvgIpc) is 2.11. The van der Waals surface area contributed by atoms with Gasteiger partial charge < -0.3 is 10.2 Å². The third-order valence-electron chi connectivity index (χ3n) is 3.12. The zero-order chi connectivity index (χ0) is 13.1. The van der Waals surface area contributed by atoms with Gasteiger partial charge in [0, 0.05) is 25.7 Å². The third kappa shape index (κ3) is 7.05. The van der Waals surface area contributed by atoms with Crippen LogP contribution < -0.4 is 5.32 Å². The number of hydrogen-bond acceptors (Lipinski definition) is 2. The lowest BCUT2D eigenvalue weighted by atomic mass is 9.93. The molecule has 2 heteroatoms. The van der Waals surface area contributed by atoms with Crippen molar-refractivity contribution in [2.45, 2.75) is 60.4 Å². The van der Waals surface area contributed by atoms with Gasteiger partial charge in [-0.2, -0.15) is 0 Å². The Bertz CT molecular complexity index is 222. The summed E-state index contributed by atoms with van der Waals surface area (Å²) < 4.78 is 0. The Balaban J connectivity index is 2.34. The highest BCUT2D eigenvalue weighted by atomic mass is 15.2. The van der Waals surface area contributed by atoms with E-state index in [0.717, 1.165) is 6.54 Å². The van der Waals surface area contributed by atoms with Gasteiger partial charge in [-0.15, -0.1) is 0 Å². The van der Waals surface area contributed by atoms with E-state index in [1.807, 2.05) is 0 Å². The molecule has 0 amide bonds. The number of rotatable bonds is 3. The molecule has 0 spiro atoms. The van der Waals surface area contributed by atoms with Crippen molar-refractivity contribution in [1.29, 1.82) is 0 Å². The van der Waals surface area contributed by atoms with Crippen LogP contribution >= 0.6 is 0 Å². The van der Waals surface area contributed by atoms with Gasteiger partial charge in [0.25, 0.3) is 0 Å². The van der Waals surface area contributed by atoms with E-state index in [2.05, 4.69) is 51.8 Å². The molecule has 1 atom stereocenters. The normalized spacial score (nSPS) is 24.0. The summed E-state index contributed by atoms with van der Waals surface area (Å²) in [6.45, 7) is 18.8. The molecule has 0 bridgehead atoms. The third-order valence-corrected chi connectivity index (χ3v) is 3.12. The highest BCUT2D eigenvalue weighted by Crippen LogP contribution is 2.19. The molecule has 0 aromatic heterocycles. The van der Waals surface area contributed by atoms with Crippen molar-refractivity contribution in [1.82, 2.24) is 10.2 Å². The summed E-state index contributed by atoms with van der Waals surface area (Å²) in [5.41, 5.74) is 0.818. The van der Waals surface area contributed by atoms with Gasteiger partial charge in [-0.3, -0.25) is 0 Å². The summed E-state index contributed by atoms with van der Waals surface area (Å²) in [7, 11) is 0. The van der Waals surface area contributed by atoms with E-state index in [4.69, 9.17) is 0 Å². The largest absolute Gasteiger partial charge is 0.312 e. The first-order valence-corrected chi connectivity index (χ1v) is 7.11. The van der Waals surface area contributed by atoms with Crippen molar-refractivity contribution in [2.75, 3.05) is 26.2 Å². The molecule has 1 unspecified atom stereocenters. The van der Waals surface area contributed by atoms with Gasteiger partial charge in [-0.05, 0) is 30.2 Å². The van der Waals surface area contributed by atoms with Crippen molar-refractivity contribution in [3.63, 3.8) is 0 Å². The molecule has 1 N–H and O–H groups in total. The number of hydrogen-bond donors (Lipinski definition) is 1. The van der Waals surface area contributed by atoms with Crippen molar-refractivity contribution >= 4 is 0 Å². The molecule has 1 heterocycles. The van der Waals surface area contributed by atoms with E-state index in [1.54, 1.807) is 0 Å². The number of nitrogens with one attached hydrogen (secondary N) is 1. The summed E-state index contributed by atoms with van der Waals surface area (Å²) in [6, 6.07) is 0.699. The van der Waals surface area contributed by atoms with Gasteiger partial charge in [-0.1, -0.05) is 41.5 Å². The first kappa shape index (κ1) is 15.0. The van der Waals surface area contributed by atoms with E-state index in [0.29, 0.717) is 16.9 Å². The first-order chi connectivity index (χ1) is 7.66. The molecule has 0 aromatic rings. The lowest BCUT2D eigenvalue weighted by Gasteiger charge is -2.37. The summed E-state index contributed by atoms with van der Waals surface area (Å²) in [5, 5.41) is 3.74. The van der Waals surface area contributed by atoms with Crippen LogP contribution in [0.3, 0.4) is 0 Å². The standard InChI is InChI=1S/C15H32N2/c1-14(2,3)11-16-13-8-7-9-17(10-13)12-15(4,5)6/h13,16H,7-12H2,1-6H3. The van der Waals surface area contributed by atoms with Crippen molar-refractivity contribution in [3.8, 4) is 0 Å². The fourth-order valence-corrected chi connectivity index (χ4v) is 2.49. The Morgan fingerprint density at radius 3 is 2.24 bits per heavy atom. The van der Waals surface area contributed by atoms with Crippen LogP contribution in [-0.4, -0.2) is 37.1 Å². The molecule has 17 heavy (non-hydrogen) atoms. The summed E-state index contributed by atoms with van der Waals surface area (Å²) in [5.74, 6) is 0. The second kappa shape index (κ2) is 5.71. The molecule has 0 saturated carbocycles. The Hall–Kier alpha value is -0.0800. The zero-order valence-corrected chi connectivity index (χ0v) is 12.8. The topological polar surface area (TPSA) is 15.3 Å². The first-order valence-electron chi connectivity index (χ1n) is 7.11. The second-order valence-corrected chi connectivity index (χ2v) is 8.08. The van der Waals surface area contributed by atoms with Gasteiger partial charge in [0.2, 0.25) is 0 Å². The van der Waals surface area contributed by atoms with Crippen molar-refractivity contribution in [3.05, 3.63) is 0 Å². The van der Waals surface area contributed by atoms with Crippen molar-refractivity contribution in [2.24, 2.45) is 10.8 Å². The van der Waals surface area contributed by atoms with Crippen LogP contribution in [-0.2, 0) is 0 Å². The van der Waals surface area contributed by atoms with Crippen LogP contribution in [0.4, 0.5) is 0 Å². The predicted octanol–water partition coefficient (Wildman–Crippen LogP) is 3.13. The summed E-state index contributed by atoms with van der Waals surface area (Å²) >= 11 is 0.